The number of carbonyl (C=O) groups is 1. The molecule has 5 N–H and O–H groups in total. The van der Waals surface area contributed by atoms with E-state index in [-0.39, 0.29) is 23.4 Å². The van der Waals surface area contributed by atoms with Gasteiger partial charge >= 0.3 is 0 Å². The van der Waals surface area contributed by atoms with Crippen molar-refractivity contribution in [3.8, 4) is 0 Å². The molecule has 1 fully saturated rings. The summed E-state index contributed by atoms with van der Waals surface area (Å²) in [6.45, 7) is 1.80. The van der Waals surface area contributed by atoms with Crippen LogP contribution in [0.1, 0.15) is 50.2 Å². The van der Waals surface area contributed by atoms with Gasteiger partial charge in [-0.3, -0.25) is 4.99 Å². The van der Waals surface area contributed by atoms with Crippen molar-refractivity contribution < 1.29 is 18.3 Å². The van der Waals surface area contributed by atoms with Crippen LogP contribution in [0.25, 0.3) is 6.08 Å². The molecule has 1 aliphatic heterocycles. The Morgan fingerprint density at radius 2 is 2.09 bits per heavy atom. The van der Waals surface area contributed by atoms with Crippen molar-refractivity contribution >= 4 is 45.4 Å². The maximum Gasteiger partial charge on any atom is 0.244 e. The van der Waals surface area contributed by atoms with Gasteiger partial charge in [0.15, 0.2) is 10.7 Å². The van der Waals surface area contributed by atoms with E-state index in [9.17, 15) is 18.3 Å². The van der Waals surface area contributed by atoms with Crippen LogP contribution in [0.15, 0.2) is 34.8 Å². The predicted octanol–water partition coefficient (Wildman–Crippen LogP) is 1.21. The van der Waals surface area contributed by atoms with Gasteiger partial charge in [0.2, 0.25) is 10.0 Å². The lowest BCUT2D eigenvalue weighted by Gasteiger charge is -2.44. The van der Waals surface area contributed by atoms with Gasteiger partial charge in [0.25, 0.3) is 0 Å². The number of aliphatic hydroxyl groups is 1. The molecule has 1 saturated heterocycles. The molecule has 11 heteroatoms. The Morgan fingerprint density at radius 1 is 1.35 bits per heavy atom. The number of nitrogens with two attached hydrogens (primary N) is 2. The Kier molecular flexibility index (Phi) is 8.58. The number of nitrogens with zero attached hydrogens (tertiary/aromatic N) is 3. The second kappa shape index (κ2) is 11.0. The standard InChI is InChI=1S/C23H33N5O4S2/c1-17-7-6-12-27(17)28(13-14-29)34(31,32)23(16-30)19(9-4-5-11-26-22(24)25)15-18-8-2-3-10-20(18)21(23)33/h2-3,8,10,14-15,17,30H,4-7,9,11-13,16H2,1H3,(H4,24,25,26). The number of guanidine groups is 1. The van der Waals surface area contributed by atoms with Crippen molar-refractivity contribution in [1.82, 2.24) is 9.42 Å². The molecule has 2 atom stereocenters. The highest BCUT2D eigenvalue weighted by Gasteiger charge is 2.56. The van der Waals surface area contributed by atoms with Crippen LogP contribution >= 0.6 is 12.2 Å². The minimum atomic E-state index is -4.31. The van der Waals surface area contributed by atoms with Crippen LogP contribution in [0.4, 0.5) is 0 Å². The SMILES string of the molecule is CC1CCCN1N(CC=O)S(=O)(=O)C1(CO)C(=S)c2ccccc2C=C1CCCCN=C(N)N. The molecule has 1 aromatic carbocycles. The number of unbranched alkanes of at least 4 members (excludes halogenated alkanes) is 1. The van der Waals surface area contributed by atoms with Crippen LogP contribution in [0.5, 0.6) is 0 Å². The lowest BCUT2D eigenvalue weighted by Crippen LogP contribution is -2.62. The first-order chi connectivity index (χ1) is 16.2. The van der Waals surface area contributed by atoms with Gasteiger partial charge in [0, 0.05) is 19.1 Å². The number of hydrazine groups is 1. The van der Waals surface area contributed by atoms with Crippen molar-refractivity contribution in [2.45, 2.75) is 49.8 Å². The highest BCUT2D eigenvalue weighted by Crippen LogP contribution is 2.43. The summed E-state index contributed by atoms with van der Waals surface area (Å²) in [7, 11) is -4.31. The van der Waals surface area contributed by atoms with Gasteiger partial charge in [-0.2, -0.15) is 0 Å². The molecule has 0 saturated carbocycles. The molecule has 0 spiro atoms. The predicted molar refractivity (Wildman–Crippen MR) is 138 cm³/mol. The van der Waals surface area contributed by atoms with E-state index in [2.05, 4.69) is 4.99 Å². The largest absolute Gasteiger partial charge is 0.394 e. The molecule has 1 aliphatic carbocycles. The fourth-order valence-electron chi connectivity index (χ4n) is 4.78. The van der Waals surface area contributed by atoms with Gasteiger partial charge in [-0.15, -0.1) is 4.41 Å². The fraction of sp³-hybridized carbons (Fsp3) is 0.522. The third-order valence-electron chi connectivity index (χ3n) is 6.54. The van der Waals surface area contributed by atoms with Crippen LogP contribution in [0, 0.1) is 0 Å². The lowest BCUT2D eigenvalue weighted by molar-refractivity contribution is -0.110. The number of carbonyl (C=O) groups excluding carboxylic acids is 1. The summed E-state index contributed by atoms with van der Waals surface area (Å²) >= 11 is 5.79. The molecule has 9 nitrogen and oxygen atoms in total. The molecule has 2 aliphatic rings. The van der Waals surface area contributed by atoms with Crippen molar-refractivity contribution in [3.63, 3.8) is 0 Å². The van der Waals surface area contributed by atoms with Gasteiger partial charge in [-0.05, 0) is 55.7 Å². The Hall–Kier alpha value is -2.18. The number of hydrogen-bond donors (Lipinski definition) is 3. The molecule has 34 heavy (non-hydrogen) atoms. The smallest absolute Gasteiger partial charge is 0.244 e. The van der Waals surface area contributed by atoms with Crippen LogP contribution in [0.3, 0.4) is 0 Å². The highest BCUT2D eigenvalue weighted by molar-refractivity contribution is 7.94. The molecular formula is C23H33N5O4S2. The van der Waals surface area contributed by atoms with Crippen LogP contribution in [-0.2, 0) is 14.8 Å². The van der Waals surface area contributed by atoms with E-state index in [1.54, 1.807) is 17.1 Å². The van der Waals surface area contributed by atoms with Gasteiger partial charge in [0.1, 0.15) is 6.29 Å². The minimum Gasteiger partial charge on any atom is -0.394 e. The zero-order chi connectivity index (χ0) is 24.9. The van der Waals surface area contributed by atoms with Gasteiger partial charge in [0.05, 0.1) is 18.0 Å². The van der Waals surface area contributed by atoms with E-state index in [4.69, 9.17) is 23.7 Å². The van der Waals surface area contributed by atoms with E-state index in [1.165, 1.54) is 0 Å². The first kappa shape index (κ1) is 26.4. The zero-order valence-corrected chi connectivity index (χ0v) is 21.0. The lowest BCUT2D eigenvalue weighted by atomic mass is 9.80. The normalized spacial score (nSPS) is 23.0. The Bertz CT molecular complexity index is 1080. The van der Waals surface area contributed by atoms with Gasteiger partial charge in [-0.25, -0.2) is 13.4 Å². The number of hydrogen-bond acceptors (Lipinski definition) is 7. The number of sulfonamides is 1. The molecular weight excluding hydrogens is 474 g/mol. The summed E-state index contributed by atoms with van der Waals surface area (Å²) in [5.74, 6) is 0.00325. The van der Waals surface area contributed by atoms with Crippen molar-refractivity contribution in [2.24, 2.45) is 16.5 Å². The number of aliphatic imine (C=N–C) groups is 1. The highest BCUT2D eigenvalue weighted by atomic mass is 32.2. The quantitative estimate of drug-likeness (QED) is 0.133. The molecule has 186 valence electrons. The zero-order valence-electron chi connectivity index (χ0n) is 19.4. The Labute approximate surface area is 206 Å². The van der Waals surface area contributed by atoms with Crippen LogP contribution in [-0.4, -0.2) is 77.1 Å². The maximum atomic E-state index is 14.4. The summed E-state index contributed by atoms with van der Waals surface area (Å²) in [6.07, 6.45) is 5.62. The van der Waals surface area contributed by atoms with Crippen molar-refractivity contribution in [2.75, 3.05) is 26.2 Å². The third-order valence-corrected chi connectivity index (χ3v) is 9.63. The van der Waals surface area contributed by atoms with Crippen LogP contribution in [0.2, 0.25) is 0 Å². The van der Waals surface area contributed by atoms with Gasteiger partial charge < -0.3 is 21.4 Å². The summed E-state index contributed by atoms with van der Waals surface area (Å²) in [5, 5.41) is 12.5. The van der Waals surface area contributed by atoms with E-state index < -0.39 is 21.4 Å². The van der Waals surface area contributed by atoms with E-state index in [1.807, 2.05) is 25.1 Å². The van der Waals surface area contributed by atoms with Crippen LogP contribution < -0.4 is 11.5 Å². The molecule has 0 aromatic heterocycles. The number of aliphatic hydroxyl groups excluding tert-OH is 1. The molecule has 1 heterocycles. The van der Waals surface area contributed by atoms with Crippen molar-refractivity contribution in [1.29, 1.82) is 0 Å². The first-order valence-corrected chi connectivity index (χ1v) is 13.3. The maximum absolute atomic E-state index is 14.4. The summed E-state index contributed by atoms with van der Waals surface area (Å²) in [5.41, 5.74) is 12.7. The van der Waals surface area contributed by atoms with E-state index in [0.717, 1.165) is 22.8 Å². The number of benzene rings is 1. The third kappa shape index (κ3) is 4.80. The minimum absolute atomic E-state index is 0.00325. The Balaban J connectivity index is 2.09. The Morgan fingerprint density at radius 3 is 2.71 bits per heavy atom. The van der Waals surface area contributed by atoms with E-state index >= 15 is 0 Å². The fourth-order valence-corrected chi connectivity index (χ4v) is 7.61. The second-order valence-corrected chi connectivity index (χ2v) is 11.1. The number of rotatable bonds is 11. The molecule has 0 radical (unpaired) electrons. The summed E-state index contributed by atoms with van der Waals surface area (Å²) < 4.78 is 28.0. The second-order valence-electron chi connectivity index (χ2n) is 8.67. The number of aldehydes is 1. The molecule has 0 bridgehead atoms. The first-order valence-electron chi connectivity index (χ1n) is 11.4. The topological polar surface area (TPSA) is 142 Å². The molecule has 1 aromatic rings. The monoisotopic (exact) mass is 507 g/mol. The average Bonchev–Trinajstić information content (AvgIpc) is 3.22. The number of fused-ring (bicyclic) bond motifs is 1. The average molecular weight is 508 g/mol. The molecule has 2 unspecified atom stereocenters. The van der Waals surface area contributed by atoms with E-state index in [0.29, 0.717) is 49.8 Å². The van der Waals surface area contributed by atoms with Gasteiger partial charge in [-0.1, -0.05) is 42.6 Å². The molecule has 3 rings (SSSR count). The summed E-state index contributed by atoms with van der Waals surface area (Å²) in [4.78, 5) is 15.7. The van der Waals surface area contributed by atoms with Crippen molar-refractivity contribution in [3.05, 3.63) is 41.0 Å². The number of thiocarbonyl (C=S) groups is 1. The molecule has 0 amide bonds. The summed E-state index contributed by atoms with van der Waals surface area (Å²) in [6, 6.07) is 7.24.